The van der Waals surface area contributed by atoms with Crippen molar-refractivity contribution in [3.8, 4) is 0 Å². The van der Waals surface area contributed by atoms with Gasteiger partial charge in [0.15, 0.2) is 0 Å². The Balaban J connectivity index is 1.39. The minimum absolute atomic E-state index is 0.180. The number of fused-ring (bicyclic) bond motifs is 2. The van der Waals surface area contributed by atoms with E-state index in [4.69, 9.17) is 0 Å². The molecule has 2 amide bonds. The predicted octanol–water partition coefficient (Wildman–Crippen LogP) is 4.29. The van der Waals surface area contributed by atoms with Crippen LogP contribution < -0.4 is 10.2 Å². The van der Waals surface area contributed by atoms with Crippen molar-refractivity contribution >= 4 is 39.3 Å². The summed E-state index contributed by atoms with van der Waals surface area (Å²) in [6.07, 6.45) is 2.32. The fraction of sp³-hybridized carbons (Fsp3) is 0.179. The quantitative estimate of drug-likeness (QED) is 0.335. The molecule has 0 saturated carbocycles. The molecule has 0 fully saturated rings. The summed E-state index contributed by atoms with van der Waals surface area (Å²) in [4.78, 5) is 31.8. The molecule has 1 atom stereocenters. The Morgan fingerprint density at radius 1 is 1.00 bits per heavy atom. The third-order valence-corrected chi connectivity index (χ3v) is 6.42. The molecule has 0 aliphatic rings. The summed E-state index contributed by atoms with van der Waals surface area (Å²) < 4.78 is 0. The van der Waals surface area contributed by atoms with E-state index in [0.29, 0.717) is 6.42 Å². The van der Waals surface area contributed by atoms with Gasteiger partial charge in [0.2, 0.25) is 11.8 Å². The van der Waals surface area contributed by atoms with Crippen molar-refractivity contribution in [2.75, 3.05) is 11.9 Å². The molecule has 0 saturated heterocycles. The second-order valence-electron chi connectivity index (χ2n) is 8.80. The summed E-state index contributed by atoms with van der Waals surface area (Å²) in [5.74, 6) is -0.369. The molecule has 0 radical (unpaired) electrons. The van der Waals surface area contributed by atoms with E-state index in [1.165, 1.54) is 0 Å². The number of carbonyl (C=O) groups is 2. The lowest BCUT2D eigenvalue weighted by molar-refractivity contribution is -0.127. The Hall–Kier alpha value is -4.39. The number of likely N-dealkylation sites (N-methyl/N-ethyl adjacent to an activating group) is 1. The average molecular weight is 466 g/mol. The number of H-pyrrole nitrogens is 2. The number of nitrogens with zero attached hydrogens (tertiary/aromatic N) is 2. The van der Waals surface area contributed by atoms with Gasteiger partial charge in [-0.15, -0.1) is 0 Å². The van der Waals surface area contributed by atoms with Crippen LogP contribution in [0.3, 0.4) is 0 Å². The number of hydrogen-bond donors (Lipinski definition) is 3. The van der Waals surface area contributed by atoms with Gasteiger partial charge in [0, 0.05) is 41.1 Å². The summed E-state index contributed by atoms with van der Waals surface area (Å²) in [5.41, 5.74) is 5.52. The van der Waals surface area contributed by atoms with Gasteiger partial charge in [-0.05, 0) is 42.3 Å². The van der Waals surface area contributed by atoms with Crippen molar-refractivity contribution in [3.63, 3.8) is 0 Å². The molecular formula is C28H27N5O2. The van der Waals surface area contributed by atoms with E-state index in [-0.39, 0.29) is 18.2 Å². The van der Waals surface area contributed by atoms with Gasteiger partial charge in [0.1, 0.15) is 6.04 Å². The highest BCUT2D eigenvalue weighted by Crippen LogP contribution is 2.23. The first-order valence-electron chi connectivity index (χ1n) is 11.6. The fourth-order valence-electron chi connectivity index (χ4n) is 4.52. The van der Waals surface area contributed by atoms with Gasteiger partial charge in [0.05, 0.1) is 18.1 Å². The number of anilines is 1. The number of rotatable bonds is 7. The number of para-hydroxylation sites is 1. The molecule has 176 valence electrons. The zero-order valence-corrected chi connectivity index (χ0v) is 19.7. The van der Waals surface area contributed by atoms with E-state index >= 15 is 0 Å². The number of nitrogens with one attached hydrogen (secondary N) is 3. The minimum atomic E-state index is -0.708. The Bertz CT molecular complexity index is 1500. The number of aryl methyl sites for hydroxylation is 1. The van der Waals surface area contributed by atoms with Gasteiger partial charge in [-0.2, -0.15) is 5.10 Å². The second-order valence-corrected chi connectivity index (χ2v) is 8.80. The Morgan fingerprint density at radius 3 is 2.60 bits per heavy atom. The Morgan fingerprint density at radius 2 is 1.77 bits per heavy atom. The highest BCUT2D eigenvalue weighted by atomic mass is 16.2. The van der Waals surface area contributed by atoms with E-state index < -0.39 is 6.04 Å². The molecule has 0 aliphatic heterocycles. The molecule has 3 aromatic carbocycles. The second kappa shape index (κ2) is 9.46. The lowest BCUT2D eigenvalue weighted by atomic mass is 10.0. The van der Waals surface area contributed by atoms with Crippen LogP contribution in [0.15, 0.2) is 79.0 Å². The van der Waals surface area contributed by atoms with Gasteiger partial charge in [-0.3, -0.25) is 14.7 Å². The molecule has 35 heavy (non-hydrogen) atoms. The van der Waals surface area contributed by atoms with Crippen molar-refractivity contribution < 1.29 is 9.59 Å². The number of carbonyl (C=O) groups excluding carboxylic acids is 2. The average Bonchev–Trinajstić information content (AvgIpc) is 3.47. The van der Waals surface area contributed by atoms with E-state index in [9.17, 15) is 9.59 Å². The van der Waals surface area contributed by atoms with Gasteiger partial charge < -0.3 is 15.2 Å². The van der Waals surface area contributed by atoms with Crippen molar-refractivity contribution in [1.82, 2.24) is 20.5 Å². The fourth-order valence-corrected chi connectivity index (χ4v) is 4.52. The largest absolute Gasteiger partial charge is 0.358 e. The van der Waals surface area contributed by atoms with Crippen LogP contribution in [0.2, 0.25) is 0 Å². The lowest BCUT2D eigenvalue weighted by Gasteiger charge is -2.25. The maximum atomic E-state index is 13.6. The topological polar surface area (TPSA) is 93.9 Å². The van der Waals surface area contributed by atoms with Gasteiger partial charge in [-0.1, -0.05) is 48.5 Å². The van der Waals surface area contributed by atoms with Crippen LogP contribution in [0.1, 0.15) is 16.8 Å². The lowest BCUT2D eigenvalue weighted by Crippen LogP contribution is -2.49. The van der Waals surface area contributed by atoms with Crippen molar-refractivity contribution in [2.45, 2.75) is 25.8 Å². The molecule has 7 nitrogen and oxygen atoms in total. The summed E-state index contributed by atoms with van der Waals surface area (Å²) >= 11 is 0. The van der Waals surface area contributed by atoms with Gasteiger partial charge in [-0.25, -0.2) is 0 Å². The Labute approximate surface area is 203 Å². The first-order valence-corrected chi connectivity index (χ1v) is 11.6. The summed E-state index contributed by atoms with van der Waals surface area (Å²) in [5, 5.41) is 11.9. The van der Waals surface area contributed by atoms with Crippen LogP contribution in [0.5, 0.6) is 0 Å². The standard InChI is InChI=1S/C28H27N5O2/c1-18-23(22-10-6-7-11-25(22)30-18)16-27(34)31-26(14-19-8-4-3-5-9-19)28(35)33(2)21-12-13-24-20(15-21)17-29-32-24/h3-13,15,17,26,30H,14,16H2,1-2H3,(H,29,32)(H,31,34)/t26-/m0/s1. The van der Waals surface area contributed by atoms with Crippen molar-refractivity contribution in [2.24, 2.45) is 0 Å². The monoisotopic (exact) mass is 465 g/mol. The van der Waals surface area contributed by atoms with Crippen molar-refractivity contribution in [3.05, 3.63) is 95.8 Å². The normalized spacial score (nSPS) is 12.1. The van der Waals surface area contributed by atoms with Gasteiger partial charge >= 0.3 is 0 Å². The molecule has 0 bridgehead atoms. The number of aromatic nitrogens is 3. The molecule has 3 N–H and O–H groups in total. The van der Waals surface area contributed by atoms with E-state index in [0.717, 1.165) is 44.3 Å². The number of benzene rings is 3. The summed E-state index contributed by atoms with van der Waals surface area (Å²) in [7, 11) is 1.73. The summed E-state index contributed by atoms with van der Waals surface area (Å²) in [6, 6.07) is 22.6. The van der Waals surface area contributed by atoms with Crippen LogP contribution in [0.4, 0.5) is 5.69 Å². The maximum absolute atomic E-state index is 13.6. The SMILES string of the molecule is Cc1[nH]c2ccccc2c1CC(=O)N[C@@H](Cc1ccccc1)C(=O)N(C)c1ccc2[nH]ncc2c1. The van der Waals surface area contributed by atoms with Crippen LogP contribution in [-0.4, -0.2) is 40.1 Å². The molecule has 2 aromatic heterocycles. The van der Waals surface area contributed by atoms with E-state index in [1.807, 2.05) is 79.7 Å². The third kappa shape index (κ3) is 4.66. The molecule has 0 unspecified atom stereocenters. The van der Waals surface area contributed by atoms with Crippen molar-refractivity contribution in [1.29, 1.82) is 0 Å². The Kier molecular flexibility index (Phi) is 6.06. The first-order chi connectivity index (χ1) is 17.0. The molecule has 0 spiro atoms. The predicted molar refractivity (Wildman–Crippen MR) is 138 cm³/mol. The molecule has 0 aliphatic carbocycles. The molecular weight excluding hydrogens is 438 g/mol. The van der Waals surface area contributed by atoms with Crippen LogP contribution in [0, 0.1) is 6.92 Å². The molecule has 2 heterocycles. The molecule has 5 aromatic rings. The smallest absolute Gasteiger partial charge is 0.249 e. The van der Waals surface area contributed by atoms with Crippen LogP contribution >= 0.6 is 0 Å². The maximum Gasteiger partial charge on any atom is 0.249 e. The van der Waals surface area contributed by atoms with Crippen LogP contribution in [0.25, 0.3) is 21.8 Å². The zero-order valence-electron chi connectivity index (χ0n) is 19.7. The zero-order chi connectivity index (χ0) is 24.4. The summed E-state index contributed by atoms with van der Waals surface area (Å²) in [6.45, 7) is 1.97. The first kappa shape index (κ1) is 22.4. The third-order valence-electron chi connectivity index (χ3n) is 6.42. The molecule has 5 rings (SSSR count). The highest BCUT2D eigenvalue weighted by Gasteiger charge is 2.26. The minimum Gasteiger partial charge on any atom is -0.358 e. The van der Waals surface area contributed by atoms with E-state index in [1.54, 1.807) is 18.1 Å². The van der Waals surface area contributed by atoms with Crippen LogP contribution in [-0.2, 0) is 22.4 Å². The number of aromatic amines is 2. The number of hydrogen-bond acceptors (Lipinski definition) is 3. The number of amides is 2. The van der Waals surface area contributed by atoms with E-state index in [2.05, 4.69) is 20.5 Å². The van der Waals surface area contributed by atoms with Gasteiger partial charge in [0.25, 0.3) is 0 Å². The highest BCUT2D eigenvalue weighted by molar-refractivity contribution is 6.01. The molecule has 7 heteroatoms.